The Morgan fingerprint density at radius 1 is 1.42 bits per heavy atom. The molecule has 1 amide bonds. The van der Waals surface area contributed by atoms with Gasteiger partial charge < -0.3 is 14.2 Å². The standard InChI is InChI=1S/C18H24ClN3O2/c1-18(2,3)16(23)21(4)13-6-5-9-22(11-13)17-20-14-8-7-12(19)10-15(14)24-17/h7-8,10,13H,5-6,9,11H2,1-4H3. The Morgan fingerprint density at radius 3 is 2.88 bits per heavy atom. The molecular formula is C18H24ClN3O2. The van der Waals surface area contributed by atoms with Crippen molar-refractivity contribution in [2.75, 3.05) is 25.0 Å². The van der Waals surface area contributed by atoms with Gasteiger partial charge in [-0.3, -0.25) is 4.79 Å². The van der Waals surface area contributed by atoms with Crippen molar-refractivity contribution < 1.29 is 9.21 Å². The maximum atomic E-state index is 12.5. The Hall–Kier alpha value is -1.75. The summed E-state index contributed by atoms with van der Waals surface area (Å²) < 4.78 is 5.87. The summed E-state index contributed by atoms with van der Waals surface area (Å²) in [5.41, 5.74) is 1.13. The highest BCUT2D eigenvalue weighted by molar-refractivity contribution is 6.31. The molecule has 0 N–H and O–H groups in total. The van der Waals surface area contributed by atoms with Gasteiger partial charge in [-0.05, 0) is 25.0 Å². The summed E-state index contributed by atoms with van der Waals surface area (Å²) in [4.78, 5) is 21.1. The maximum Gasteiger partial charge on any atom is 0.298 e. The number of hydrogen-bond donors (Lipinski definition) is 0. The number of halogens is 1. The highest BCUT2D eigenvalue weighted by atomic mass is 35.5. The summed E-state index contributed by atoms with van der Waals surface area (Å²) in [6.45, 7) is 7.48. The number of oxazole rings is 1. The minimum atomic E-state index is -0.370. The van der Waals surface area contributed by atoms with Crippen LogP contribution in [-0.2, 0) is 4.79 Å². The molecule has 0 spiro atoms. The second-order valence-corrected chi connectivity index (χ2v) is 7.95. The Bertz CT molecular complexity index is 750. The van der Waals surface area contributed by atoms with Crippen LogP contribution in [0.5, 0.6) is 0 Å². The highest BCUT2D eigenvalue weighted by Gasteiger charge is 2.33. The molecule has 1 unspecified atom stereocenters. The van der Waals surface area contributed by atoms with Gasteiger partial charge in [-0.25, -0.2) is 0 Å². The van der Waals surface area contributed by atoms with Gasteiger partial charge in [0.2, 0.25) is 5.91 Å². The lowest BCUT2D eigenvalue weighted by Gasteiger charge is -2.39. The van der Waals surface area contributed by atoms with Gasteiger partial charge in [0, 0.05) is 42.7 Å². The van der Waals surface area contributed by atoms with Crippen LogP contribution < -0.4 is 4.90 Å². The number of nitrogens with zero attached hydrogens (tertiary/aromatic N) is 3. The monoisotopic (exact) mass is 349 g/mol. The van der Waals surface area contributed by atoms with Crippen molar-refractivity contribution in [2.24, 2.45) is 5.41 Å². The molecule has 1 aliphatic heterocycles. The zero-order valence-electron chi connectivity index (χ0n) is 14.7. The van der Waals surface area contributed by atoms with Gasteiger partial charge in [0.1, 0.15) is 5.52 Å². The minimum absolute atomic E-state index is 0.165. The Kier molecular flexibility index (Phi) is 4.47. The smallest absolute Gasteiger partial charge is 0.298 e. The second kappa shape index (κ2) is 6.28. The first-order valence-electron chi connectivity index (χ1n) is 8.34. The van der Waals surface area contributed by atoms with Crippen molar-refractivity contribution in [1.82, 2.24) is 9.88 Å². The quantitative estimate of drug-likeness (QED) is 0.823. The van der Waals surface area contributed by atoms with E-state index in [0.29, 0.717) is 16.6 Å². The fraction of sp³-hybridized carbons (Fsp3) is 0.556. The molecule has 1 aromatic carbocycles. The van der Waals surface area contributed by atoms with E-state index in [9.17, 15) is 4.79 Å². The summed E-state index contributed by atoms with van der Waals surface area (Å²) in [6, 6.07) is 6.23. The topological polar surface area (TPSA) is 49.6 Å². The number of rotatable bonds is 2. The van der Waals surface area contributed by atoms with Gasteiger partial charge in [-0.1, -0.05) is 32.4 Å². The van der Waals surface area contributed by atoms with Gasteiger partial charge in [-0.15, -0.1) is 0 Å². The van der Waals surface area contributed by atoms with Gasteiger partial charge in [-0.2, -0.15) is 4.98 Å². The SMILES string of the molecule is CN(C(=O)C(C)(C)C)C1CCCN(c2nc3ccc(Cl)cc3o2)C1. The van der Waals surface area contributed by atoms with E-state index in [4.69, 9.17) is 16.0 Å². The molecule has 0 aliphatic carbocycles. The number of amides is 1. The lowest BCUT2D eigenvalue weighted by Crippen LogP contribution is -2.51. The number of anilines is 1. The van der Waals surface area contributed by atoms with Crippen molar-refractivity contribution >= 4 is 34.6 Å². The van der Waals surface area contributed by atoms with Crippen LogP contribution >= 0.6 is 11.6 Å². The summed E-state index contributed by atoms with van der Waals surface area (Å²) >= 11 is 6.01. The fourth-order valence-electron chi connectivity index (χ4n) is 3.16. The maximum absolute atomic E-state index is 12.5. The highest BCUT2D eigenvalue weighted by Crippen LogP contribution is 2.28. The predicted molar refractivity (Wildman–Crippen MR) is 96.5 cm³/mol. The van der Waals surface area contributed by atoms with Gasteiger partial charge in [0.25, 0.3) is 6.01 Å². The fourth-order valence-corrected chi connectivity index (χ4v) is 3.32. The number of carbonyl (C=O) groups is 1. The van der Waals surface area contributed by atoms with E-state index < -0.39 is 0 Å². The third kappa shape index (κ3) is 3.36. The molecular weight excluding hydrogens is 326 g/mol. The summed E-state index contributed by atoms with van der Waals surface area (Å²) in [6.07, 6.45) is 2.01. The molecule has 6 heteroatoms. The first-order valence-corrected chi connectivity index (χ1v) is 8.72. The van der Waals surface area contributed by atoms with Crippen LogP contribution in [0.2, 0.25) is 5.02 Å². The normalized spacial score (nSPS) is 18.9. The Morgan fingerprint density at radius 2 is 2.17 bits per heavy atom. The minimum Gasteiger partial charge on any atom is -0.423 e. The van der Waals surface area contributed by atoms with Crippen molar-refractivity contribution in [1.29, 1.82) is 0 Å². The van der Waals surface area contributed by atoms with E-state index in [1.54, 1.807) is 6.07 Å². The molecule has 2 aromatic rings. The molecule has 0 radical (unpaired) electrons. The van der Waals surface area contributed by atoms with Crippen LogP contribution in [0.1, 0.15) is 33.6 Å². The number of hydrogen-bond acceptors (Lipinski definition) is 4. The Labute approximate surface area is 147 Å². The van der Waals surface area contributed by atoms with Crippen LogP contribution in [0.3, 0.4) is 0 Å². The average molecular weight is 350 g/mol. The molecule has 1 fully saturated rings. The predicted octanol–water partition coefficient (Wildman–Crippen LogP) is 3.95. The van der Waals surface area contributed by atoms with Gasteiger partial charge >= 0.3 is 0 Å². The summed E-state index contributed by atoms with van der Waals surface area (Å²) in [7, 11) is 1.90. The molecule has 24 heavy (non-hydrogen) atoms. The van der Waals surface area contributed by atoms with E-state index in [2.05, 4.69) is 9.88 Å². The van der Waals surface area contributed by atoms with Crippen molar-refractivity contribution in [3.8, 4) is 0 Å². The molecule has 0 bridgehead atoms. The van der Waals surface area contributed by atoms with Crippen molar-refractivity contribution in [3.63, 3.8) is 0 Å². The Balaban J connectivity index is 1.78. The molecule has 1 aromatic heterocycles. The number of carbonyl (C=O) groups excluding carboxylic acids is 1. The van der Waals surface area contributed by atoms with Crippen molar-refractivity contribution in [2.45, 2.75) is 39.7 Å². The number of fused-ring (bicyclic) bond motifs is 1. The second-order valence-electron chi connectivity index (χ2n) is 7.52. The van der Waals surface area contributed by atoms with E-state index in [0.717, 1.165) is 31.4 Å². The number of benzene rings is 1. The third-order valence-electron chi connectivity index (χ3n) is 4.52. The van der Waals surface area contributed by atoms with Gasteiger partial charge in [0.05, 0.1) is 0 Å². The van der Waals surface area contributed by atoms with E-state index in [-0.39, 0.29) is 17.4 Å². The summed E-state index contributed by atoms with van der Waals surface area (Å²) in [5.74, 6) is 0.165. The lowest BCUT2D eigenvalue weighted by molar-refractivity contribution is -0.140. The number of piperidine rings is 1. The summed E-state index contributed by atoms with van der Waals surface area (Å²) in [5, 5.41) is 0.636. The molecule has 3 rings (SSSR count). The first kappa shape index (κ1) is 17.1. The van der Waals surface area contributed by atoms with Crippen LogP contribution in [0, 0.1) is 5.41 Å². The zero-order chi connectivity index (χ0) is 17.5. The lowest BCUT2D eigenvalue weighted by atomic mass is 9.93. The molecule has 1 atom stereocenters. The molecule has 1 saturated heterocycles. The zero-order valence-corrected chi connectivity index (χ0v) is 15.4. The number of likely N-dealkylation sites (N-methyl/N-ethyl adjacent to an activating group) is 1. The average Bonchev–Trinajstić information content (AvgIpc) is 2.95. The van der Waals surface area contributed by atoms with Crippen LogP contribution in [0.4, 0.5) is 6.01 Å². The third-order valence-corrected chi connectivity index (χ3v) is 4.75. The first-order chi connectivity index (χ1) is 11.3. The molecule has 5 nitrogen and oxygen atoms in total. The van der Waals surface area contributed by atoms with E-state index >= 15 is 0 Å². The van der Waals surface area contributed by atoms with E-state index in [1.165, 1.54) is 0 Å². The van der Waals surface area contributed by atoms with Crippen molar-refractivity contribution in [3.05, 3.63) is 23.2 Å². The van der Waals surface area contributed by atoms with Crippen LogP contribution in [0.25, 0.3) is 11.1 Å². The van der Waals surface area contributed by atoms with Gasteiger partial charge in [0.15, 0.2) is 5.58 Å². The number of aromatic nitrogens is 1. The largest absolute Gasteiger partial charge is 0.423 e. The molecule has 130 valence electrons. The molecule has 2 heterocycles. The van der Waals surface area contributed by atoms with Crippen LogP contribution in [0.15, 0.2) is 22.6 Å². The molecule has 0 saturated carbocycles. The molecule has 1 aliphatic rings. The van der Waals surface area contributed by atoms with Crippen LogP contribution in [-0.4, -0.2) is 42.0 Å². The van der Waals surface area contributed by atoms with E-state index in [1.807, 2.05) is 44.9 Å².